The third-order valence-corrected chi connectivity index (χ3v) is 6.17. The van der Waals surface area contributed by atoms with E-state index in [9.17, 15) is 4.79 Å². The predicted molar refractivity (Wildman–Crippen MR) is 114 cm³/mol. The molecular formula is C23H24N4O3. The number of nitrogens with zero attached hydrogens (tertiary/aromatic N) is 4. The van der Waals surface area contributed by atoms with Crippen molar-refractivity contribution in [1.29, 1.82) is 0 Å². The number of rotatable bonds is 4. The van der Waals surface area contributed by atoms with Crippen LogP contribution in [0.3, 0.4) is 0 Å². The van der Waals surface area contributed by atoms with Crippen molar-refractivity contribution in [3.63, 3.8) is 0 Å². The average molecular weight is 404 g/mol. The lowest BCUT2D eigenvalue weighted by molar-refractivity contribution is 0.0779. The highest BCUT2D eigenvalue weighted by Gasteiger charge is 2.42. The van der Waals surface area contributed by atoms with Crippen molar-refractivity contribution in [1.82, 2.24) is 14.9 Å². The van der Waals surface area contributed by atoms with Gasteiger partial charge in [0.1, 0.15) is 11.5 Å². The Balaban J connectivity index is 1.29. The predicted octanol–water partition coefficient (Wildman–Crippen LogP) is 2.86. The van der Waals surface area contributed by atoms with Crippen LogP contribution in [0.2, 0.25) is 0 Å². The molecule has 0 saturated carbocycles. The summed E-state index contributed by atoms with van der Waals surface area (Å²) in [6.45, 7) is 3.21. The molecule has 1 amide bonds. The van der Waals surface area contributed by atoms with Crippen LogP contribution < -0.4 is 14.4 Å². The molecule has 30 heavy (non-hydrogen) atoms. The topological polar surface area (TPSA) is 67.8 Å². The summed E-state index contributed by atoms with van der Waals surface area (Å²) in [6, 6.07) is 13.4. The number of amides is 1. The van der Waals surface area contributed by atoms with Crippen LogP contribution in [-0.2, 0) is 0 Å². The van der Waals surface area contributed by atoms with E-state index in [4.69, 9.17) is 14.5 Å². The van der Waals surface area contributed by atoms with Crippen LogP contribution in [0.25, 0.3) is 10.9 Å². The van der Waals surface area contributed by atoms with Gasteiger partial charge in [0.05, 0.1) is 25.3 Å². The Bertz CT molecular complexity index is 1090. The van der Waals surface area contributed by atoms with Gasteiger partial charge in [-0.3, -0.25) is 4.79 Å². The number of likely N-dealkylation sites (tertiary alicyclic amines) is 1. The van der Waals surface area contributed by atoms with Gasteiger partial charge in [0.15, 0.2) is 0 Å². The van der Waals surface area contributed by atoms with Gasteiger partial charge in [-0.05, 0) is 18.2 Å². The van der Waals surface area contributed by atoms with Crippen molar-refractivity contribution < 1.29 is 14.3 Å². The van der Waals surface area contributed by atoms with Crippen molar-refractivity contribution >= 4 is 22.8 Å². The van der Waals surface area contributed by atoms with Crippen molar-refractivity contribution in [2.75, 3.05) is 45.3 Å². The maximum Gasteiger partial charge on any atom is 0.257 e. The van der Waals surface area contributed by atoms with Gasteiger partial charge >= 0.3 is 0 Å². The number of methoxy groups -OCH3 is 2. The highest BCUT2D eigenvalue weighted by atomic mass is 16.5. The van der Waals surface area contributed by atoms with E-state index in [0.29, 0.717) is 28.9 Å². The zero-order valence-corrected chi connectivity index (χ0v) is 17.1. The molecule has 2 saturated heterocycles. The molecule has 154 valence electrons. The van der Waals surface area contributed by atoms with Gasteiger partial charge in [-0.25, -0.2) is 9.97 Å². The van der Waals surface area contributed by atoms with Crippen molar-refractivity contribution in [2.45, 2.75) is 0 Å². The molecule has 2 atom stereocenters. The molecule has 0 aliphatic carbocycles. The van der Waals surface area contributed by atoms with Gasteiger partial charge in [0.25, 0.3) is 5.91 Å². The largest absolute Gasteiger partial charge is 0.497 e. The first-order valence-electron chi connectivity index (χ1n) is 10.1. The first kappa shape index (κ1) is 18.7. The second-order valence-electron chi connectivity index (χ2n) is 7.93. The maximum atomic E-state index is 13.1. The minimum atomic E-state index is 0.0115. The molecule has 0 bridgehead atoms. The smallest absolute Gasteiger partial charge is 0.257 e. The molecule has 2 aliphatic rings. The number of carbonyl (C=O) groups excluding carboxylic acids is 1. The van der Waals surface area contributed by atoms with Crippen LogP contribution in [0.4, 0.5) is 5.95 Å². The van der Waals surface area contributed by atoms with E-state index < -0.39 is 0 Å². The molecule has 0 spiro atoms. The van der Waals surface area contributed by atoms with Gasteiger partial charge in [0.2, 0.25) is 5.95 Å². The van der Waals surface area contributed by atoms with E-state index in [0.717, 1.165) is 43.0 Å². The van der Waals surface area contributed by atoms with Gasteiger partial charge in [-0.2, -0.15) is 0 Å². The van der Waals surface area contributed by atoms with Crippen molar-refractivity contribution in [2.24, 2.45) is 11.8 Å². The molecule has 7 nitrogen and oxygen atoms in total. The fourth-order valence-electron chi connectivity index (χ4n) is 4.58. The Hall–Kier alpha value is -3.35. The van der Waals surface area contributed by atoms with Gasteiger partial charge < -0.3 is 19.3 Å². The first-order chi connectivity index (χ1) is 14.7. The summed E-state index contributed by atoms with van der Waals surface area (Å²) >= 11 is 0. The monoisotopic (exact) mass is 404 g/mol. The lowest BCUT2D eigenvalue weighted by Crippen LogP contribution is -2.34. The minimum absolute atomic E-state index is 0.0115. The SMILES string of the molecule is COc1ccc(C(=O)N2CC3CN(c4ncc5ccccc5n4)CC3C2)c(OC)c1. The zero-order valence-electron chi connectivity index (χ0n) is 17.1. The van der Waals surface area contributed by atoms with E-state index in [2.05, 4.69) is 9.88 Å². The van der Waals surface area contributed by atoms with Crippen LogP contribution in [-0.4, -0.2) is 61.2 Å². The molecule has 0 N–H and O–H groups in total. The molecule has 5 rings (SSSR count). The summed E-state index contributed by atoms with van der Waals surface area (Å²) in [4.78, 5) is 26.6. The van der Waals surface area contributed by atoms with Crippen LogP contribution in [0.15, 0.2) is 48.7 Å². The molecule has 7 heteroatoms. The number of benzene rings is 2. The van der Waals surface area contributed by atoms with Gasteiger partial charge in [-0.15, -0.1) is 0 Å². The number of carbonyl (C=O) groups is 1. The number of aromatic nitrogens is 2. The summed E-state index contributed by atoms with van der Waals surface area (Å²) in [5.74, 6) is 2.85. The third-order valence-electron chi connectivity index (χ3n) is 6.17. The lowest BCUT2D eigenvalue weighted by atomic mass is 10.0. The van der Waals surface area contributed by atoms with E-state index in [1.165, 1.54) is 0 Å². The normalized spacial score (nSPS) is 20.5. The first-order valence-corrected chi connectivity index (χ1v) is 10.1. The molecule has 2 fully saturated rings. The van der Waals surface area contributed by atoms with E-state index in [1.807, 2.05) is 35.4 Å². The molecule has 3 heterocycles. The highest BCUT2D eigenvalue weighted by Crippen LogP contribution is 2.35. The van der Waals surface area contributed by atoms with Gasteiger partial charge in [-0.1, -0.05) is 18.2 Å². The molecule has 0 radical (unpaired) electrons. The number of ether oxygens (including phenoxy) is 2. The number of fused-ring (bicyclic) bond motifs is 2. The number of hydrogen-bond donors (Lipinski definition) is 0. The van der Waals surface area contributed by atoms with Crippen LogP contribution in [0.5, 0.6) is 11.5 Å². The van der Waals surface area contributed by atoms with Crippen molar-refractivity contribution in [3.05, 3.63) is 54.2 Å². The summed E-state index contributed by atoms with van der Waals surface area (Å²) < 4.78 is 10.7. The fourth-order valence-corrected chi connectivity index (χ4v) is 4.58. The number of hydrogen-bond acceptors (Lipinski definition) is 6. The lowest BCUT2D eigenvalue weighted by Gasteiger charge is -2.22. The Labute approximate surface area is 175 Å². The highest BCUT2D eigenvalue weighted by molar-refractivity contribution is 5.97. The van der Waals surface area contributed by atoms with Crippen molar-refractivity contribution in [3.8, 4) is 11.5 Å². The second kappa shape index (κ2) is 7.48. The summed E-state index contributed by atoms with van der Waals surface area (Å²) in [7, 11) is 3.18. The second-order valence-corrected chi connectivity index (χ2v) is 7.93. The fraction of sp³-hybridized carbons (Fsp3) is 0.348. The van der Waals surface area contributed by atoms with E-state index in [1.54, 1.807) is 32.4 Å². The summed E-state index contributed by atoms with van der Waals surface area (Å²) in [5, 5.41) is 1.05. The molecule has 2 aromatic carbocycles. The zero-order chi connectivity index (χ0) is 20.7. The Morgan fingerprint density at radius 3 is 2.50 bits per heavy atom. The average Bonchev–Trinajstić information content (AvgIpc) is 3.37. The van der Waals surface area contributed by atoms with Gasteiger partial charge in [0, 0.05) is 55.7 Å². The summed E-state index contributed by atoms with van der Waals surface area (Å²) in [5.41, 5.74) is 1.54. The van der Waals surface area contributed by atoms with E-state index >= 15 is 0 Å². The Morgan fingerprint density at radius 2 is 1.77 bits per heavy atom. The van der Waals surface area contributed by atoms with Crippen LogP contribution in [0, 0.1) is 11.8 Å². The Morgan fingerprint density at radius 1 is 1.00 bits per heavy atom. The molecular weight excluding hydrogens is 380 g/mol. The number of anilines is 1. The quantitative estimate of drug-likeness (QED) is 0.666. The van der Waals surface area contributed by atoms with Crippen LogP contribution in [0.1, 0.15) is 10.4 Å². The minimum Gasteiger partial charge on any atom is -0.497 e. The molecule has 1 aromatic heterocycles. The molecule has 3 aromatic rings. The molecule has 2 aliphatic heterocycles. The third kappa shape index (κ3) is 3.20. The molecule has 2 unspecified atom stereocenters. The number of para-hydroxylation sites is 1. The Kier molecular flexibility index (Phi) is 4.65. The van der Waals surface area contributed by atoms with Crippen LogP contribution >= 0.6 is 0 Å². The standard InChI is InChI=1S/C23H24N4O3/c1-29-18-7-8-19(21(9-18)30-2)22(28)26-11-16-13-27(14-17(16)12-26)23-24-10-15-5-3-4-6-20(15)25-23/h3-10,16-17H,11-14H2,1-2H3. The van der Waals surface area contributed by atoms with E-state index in [-0.39, 0.29) is 5.91 Å². The maximum absolute atomic E-state index is 13.1. The summed E-state index contributed by atoms with van der Waals surface area (Å²) in [6.07, 6.45) is 1.89.